The molecule has 0 aliphatic carbocycles. The topological polar surface area (TPSA) is 86.6 Å². The van der Waals surface area contributed by atoms with Gasteiger partial charge in [0.05, 0.1) is 12.1 Å². The van der Waals surface area contributed by atoms with E-state index in [0.29, 0.717) is 30.5 Å². The third-order valence-corrected chi connectivity index (χ3v) is 5.64. The van der Waals surface area contributed by atoms with Gasteiger partial charge in [-0.1, -0.05) is 34.1 Å². The monoisotopic (exact) mass is 468 g/mol. The van der Waals surface area contributed by atoms with Crippen molar-refractivity contribution in [2.45, 2.75) is 46.6 Å². The van der Waals surface area contributed by atoms with Crippen LogP contribution >= 0.6 is 0 Å². The number of hydrogen-bond acceptors (Lipinski definition) is 6. The molecule has 8 nitrogen and oxygen atoms in total. The minimum absolute atomic E-state index is 0.0971. The van der Waals surface area contributed by atoms with Gasteiger partial charge in [0, 0.05) is 50.1 Å². The zero-order chi connectivity index (χ0) is 24.7. The van der Waals surface area contributed by atoms with Gasteiger partial charge >= 0.3 is 6.03 Å². The Balaban J connectivity index is 1.91. The Morgan fingerprint density at radius 2 is 1.94 bits per heavy atom. The van der Waals surface area contributed by atoms with Gasteiger partial charge in [0.2, 0.25) is 0 Å². The van der Waals surface area contributed by atoms with Crippen molar-refractivity contribution in [3.63, 3.8) is 0 Å². The molecule has 184 valence electrons. The largest absolute Gasteiger partial charge is 0.487 e. The van der Waals surface area contributed by atoms with Gasteiger partial charge in [0.15, 0.2) is 11.5 Å². The maximum Gasteiger partial charge on any atom is 0.325 e. The van der Waals surface area contributed by atoms with Gasteiger partial charge in [-0.25, -0.2) is 9.78 Å². The molecule has 1 unspecified atom stereocenters. The summed E-state index contributed by atoms with van der Waals surface area (Å²) in [7, 11) is 3.22. The number of hydrogen-bond donors (Lipinski definition) is 2. The predicted octanol–water partition coefficient (Wildman–Crippen LogP) is 5.67. The summed E-state index contributed by atoms with van der Waals surface area (Å²) < 4.78 is 18.9. The molecule has 0 bridgehead atoms. The molecule has 1 amide bonds. The highest BCUT2D eigenvalue weighted by Gasteiger charge is 2.24. The van der Waals surface area contributed by atoms with Crippen LogP contribution in [0.2, 0.25) is 0 Å². The Morgan fingerprint density at radius 1 is 1.15 bits per heavy atom. The molecule has 3 aromatic rings. The van der Waals surface area contributed by atoms with Crippen LogP contribution in [0.15, 0.2) is 42.7 Å². The number of pyridine rings is 1. The van der Waals surface area contributed by atoms with E-state index in [9.17, 15) is 4.79 Å². The second-order valence-corrected chi connectivity index (χ2v) is 9.27. The summed E-state index contributed by atoms with van der Waals surface area (Å²) in [5, 5.41) is 7.07. The van der Waals surface area contributed by atoms with Crippen LogP contribution in [0.1, 0.15) is 40.5 Å². The minimum Gasteiger partial charge on any atom is -0.487 e. The van der Waals surface area contributed by atoms with Crippen molar-refractivity contribution in [3.05, 3.63) is 42.7 Å². The van der Waals surface area contributed by atoms with Crippen LogP contribution < -0.4 is 20.1 Å². The predicted molar refractivity (Wildman–Crippen MR) is 135 cm³/mol. The van der Waals surface area contributed by atoms with Crippen LogP contribution in [0.5, 0.6) is 17.2 Å². The molecule has 0 fully saturated rings. The fourth-order valence-electron chi connectivity index (χ4n) is 3.74. The average Bonchev–Trinajstić information content (AvgIpc) is 3.21. The standard InChI is InChI=1S/C26H36N4O4/c1-7-8-23(26(2,3)4)29-24-16-19(9-11-28-24)34-22-15-18-10-12-30(25(31)27-5)20(18)17-21(22)33-14-13-32-6/h9-12,15-17,23H,7-8,13-14H2,1-6H3,(H,27,31)(H,28,29). The molecule has 0 aliphatic heterocycles. The van der Waals surface area contributed by atoms with Gasteiger partial charge in [-0.15, -0.1) is 0 Å². The lowest BCUT2D eigenvalue weighted by molar-refractivity contribution is 0.145. The van der Waals surface area contributed by atoms with Crippen LogP contribution in [-0.2, 0) is 4.74 Å². The number of methoxy groups -OCH3 is 1. The van der Waals surface area contributed by atoms with Crippen molar-refractivity contribution >= 4 is 22.8 Å². The van der Waals surface area contributed by atoms with Crippen LogP contribution in [0.4, 0.5) is 10.6 Å². The Kier molecular flexibility index (Phi) is 8.39. The first kappa shape index (κ1) is 25.4. The van der Waals surface area contributed by atoms with Gasteiger partial charge in [-0.05, 0) is 30.0 Å². The minimum atomic E-state index is -0.225. The van der Waals surface area contributed by atoms with Crippen molar-refractivity contribution in [1.82, 2.24) is 14.9 Å². The Hall–Kier alpha value is -3.26. The molecular weight excluding hydrogens is 432 g/mol. The molecule has 8 heteroatoms. The number of fused-ring (bicyclic) bond motifs is 1. The summed E-state index contributed by atoms with van der Waals surface area (Å²) in [4.78, 5) is 16.7. The number of anilines is 1. The normalized spacial score (nSPS) is 12.4. The van der Waals surface area contributed by atoms with Gasteiger partial charge in [0.25, 0.3) is 0 Å². The van der Waals surface area contributed by atoms with E-state index in [1.165, 1.54) is 4.57 Å². The van der Waals surface area contributed by atoms with Crippen molar-refractivity contribution in [2.24, 2.45) is 5.41 Å². The molecule has 2 N–H and O–H groups in total. The van der Waals surface area contributed by atoms with E-state index < -0.39 is 0 Å². The fraction of sp³-hybridized carbons (Fsp3) is 0.462. The Labute approximate surface area is 201 Å². The second-order valence-electron chi connectivity index (χ2n) is 9.27. The number of carbonyl (C=O) groups excluding carboxylic acids is 1. The van der Waals surface area contributed by atoms with Gasteiger partial charge in [0.1, 0.15) is 18.2 Å². The third kappa shape index (κ3) is 6.20. The number of carbonyl (C=O) groups is 1. The summed E-state index contributed by atoms with van der Waals surface area (Å²) >= 11 is 0. The second kappa shape index (κ2) is 11.2. The summed E-state index contributed by atoms with van der Waals surface area (Å²) in [5.41, 5.74) is 0.823. The third-order valence-electron chi connectivity index (χ3n) is 5.64. The summed E-state index contributed by atoms with van der Waals surface area (Å²) in [6.45, 7) is 9.65. The highest BCUT2D eigenvalue weighted by atomic mass is 16.5. The molecule has 3 rings (SSSR count). The maximum atomic E-state index is 12.2. The lowest BCUT2D eigenvalue weighted by atomic mass is 9.84. The van der Waals surface area contributed by atoms with Crippen LogP contribution in [-0.4, -0.2) is 49.0 Å². The number of rotatable bonds is 10. The fourth-order valence-corrected chi connectivity index (χ4v) is 3.74. The van der Waals surface area contributed by atoms with E-state index in [0.717, 1.165) is 29.6 Å². The first-order valence-corrected chi connectivity index (χ1v) is 11.7. The van der Waals surface area contributed by atoms with Crippen LogP contribution in [0, 0.1) is 5.41 Å². The number of amides is 1. The van der Waals surface area contributed by atoms with Gasteiger partial charge < -0.3 is 24.8 Å². The molecule has 34 heavy (non-hydrogen) atoms. The van der Waals surface area contributed by atoms with E-state index >= 15 is 0 Å². The van der Waals surface area contributed by atoms with Gasteiger partial charge in [-0.2, -0.15) is 0 Å². The summed E-state index contributed by atoms with van der Waals surface area (Å²) in [6.07, 6.45) is 5.59. The molecule has 0 saturated carbocycles. The van der Waals surface area contributed by atoms with E-state index in [4.69, 9.17) is 14.2 Å². The molecule has 0 saturated heterocycles. The summed E-state index contributed by atoms with van der Waals surface area (Å²) in [6, 6.07) is 9.33. The molecule has 1 aromatic carbocycles. The number of aromatic nitrogens is 2. The smallest absolute Gasteiger partial charge is 0.325 e. The van der Waals surface area contributed by atoms with Crippen molar-refractivity contribution in [3.8, 4) is 17.2 Å². The molecule has 2 heterocycles. The van der Waals surface area contributed by atoms with E-state index in [1.54, 1.807) is 26.6 Å². The van der Waals surface area contributed by atoms with E-state index in [2.05, 4.69) is 43.3 Å². The maximum absolute atomic E-state index is 12.2. The van der Waals surface area contributed by atoms with Crippen molar-refractivity contribution in [2.75, 3.05) is 32.7 Å². The zero-order valence-electron chi connectivity index (χ0n) is 21.0. The number of nitrogens with one attached hydrogen (secondary N) is 2. The number of benzene rings is 1. The Bertz CT molecular complexity index is 1100. The molecule has 1 atom stereocenters. The SMILES string of the molecule is CCCC(Nc1cc(Oc2cc3ccn(C(=O)NC)c3cc2OCCOC)ccn1)C(C)(C)C. The summed E-state index contributed by atoms with van der Waals surface area (Å²) in [5.74, 6) is 2.48. The first-order chi connectivity index (χ1) is 16.3. The number of nitrogens with zero attached hydrogens (tertiary/aromatic N) is 2. The highest BCUT2D eigenvalue weighted by molar-refractivity contribution is 5.93. The van der Waals surface area contributed by atoms with Crippen LogP contribution in [0.3, 0.4) is 0 Å². The van der Waals surface area contributed by atoms with Crippen molar-refractivity contribution in [1.29, 1.82) is 0 Å². The van der Waals surface area contributed by atoms with Crippen LogP contribution in [0.25, 0.3) is 10.9 Å². The Morgan fingerprint density at radius 3 is 2.62 bits per heavy atom. The quantitative estimate of drug-likeness (QED) is 0.373. The molecule has 2 aromatic heterocycles. The molecular formula is C26H36N4O4. The molecule has 0 aliphatic rings. The van der Waals surface area contributed by atoms with Gasteiger partial charge in [-0.3, -0.25) is 4.57 Å². The van der Waals surface area contributed by atoms with Crippen molar-refractivity contribution < 1.29 is 19.0 Å². The first-order valence-electron chi connectivity index (χ1n) is 11.7. The molecule has 0 radical (unpaired) electrons. The van der Waals surface area contributed by atoms with E-state index in [1.807, 2.05) is 30.3 Å². The lowest BCUT2D eigenvalue weighted by Gasteiger charge is -2.31. The zero-order valence-corrected chi connectivity index (χ0v) is 21.0. The molecule has 0 spiro atoms. The lowest BCUT2D eigenvalue weighted by Crippen LogP contribution is -2.34. The van der Waals surface area contributed by atoms with E-state index in [-0.39, 0.29) is 17.5 Å². The highest BCUT2D eigenvalue weighted by Crippen LogP contribution is 2.37. The average molecular weight is 469 g/mol. The number of ether oxygens (including phenoxy) is 3.